The fraction of sp³-hybridized carbons (Fsp3) is 0.571. The van der Waals surface area contributed by atoms with Gasteiger partial charge in [0.05, 0.1) is 0 Å². The van der Waals surface area contributed by atoms with Gasteiger partial charge in [-0.15, -0.1) is 0 Å². The SMILES string of the molecule is CN(C)/C=C/C(=[Se])N(C)C. The van der Waals surface area contributed by atoms with Crippen LogP contribution in [0.5, 0.6) is 0 Å². The number of hydrogen-bond donors (Lipinski definition) is 0. The molecule has 0 aliphatic rings. The Bertz CT molecular complexity index is 139. The fourth-order valence-electron chi connectivity index (χ4n) is 0.362. The maximum absolute atomic E-state index is 2.96. The first-order valence-electron chi connectivity index (χ1n) is 3.10. The molecule has 0 N–H and O–H groups in total. The van der Waals surface area contributed by atoms with Gasteiger partial charge in [-0.2, -0.15) is 0 Å². The van der Waals surface area contributed by atoms with Crippen LogP contribution in [0.4, 0.5) is 0 Å². The van der Waals surface area contributed by atoms with Crippen molar-refractivity contribution in [2.24, 2.45) is 0 Å². The Morgan fingerprint density at radius 2 is 1.70 bits per heavy atom. The molecule has 0 radical (unpaired) electrons. The summed E-state index contributed by atoms with van der Waals surface area (Å²) in [5.41, 5.74) is 0. The van der Waals surface area contributed by atoms with E-state index in [0.29, 0.717) is 0 Å². The van der Waals surface area contributed by atoms with Gasteiger partial charge in [0.1, 0.15) is 0 Å². The molecule has 0 bridgehead atoms. The number of nitrogens with zero attached hydrogens (tertiary/aromatic N) is 2. The molecule has 0 amide bonds. The Labute approximate surface area is 70.9 Å². The van der Waals surface area contributed by atoms with Crippen molar-refractivity contribution in [1.82, 2.24) is 9.80 Å². The fourth-order valence-corrected chi connectivity index (χ4v) is 0.490. The molecule has 0 spiro atoms. The van der Waals surface area contributed by atoms with E-state index in [2.05, 4.69) is 15.6 Å². The van der Waals surface area contributed by atoms with Crippen LogP contribution in [0.25, 0.3) is 0 Å². The van der Waals surface area contributed by atoms with Crippen molar-refractivity contribution in [1.29, 1.82) is 0 Å². The topological polar surface area (TPSA) is 6.48 Å². The molecule has 0 unspecified atom stereocenters. The van der Waals surface area contributed by atoms with Crippen molar-refractivity contribution in [3.63, 3.8) is 0 Å². The Kier molecular flexibility index (Phi) is 4.41. The molecule has 0 aromatic carbocycles. The summed E-state index contributed by atoms with van der Waals surface area (Å²) in [5, 5.41) is 0. The van der Waals surface area contributed by atoms with Crippen LogP contribution >= 0.6 is 0 Å². The van der Waals surface area contributed by atoms with Gasteiger partial charge in [0.25, 0.3) is 0 Å². The third kappa shape index (κ3) is 4.59. The standard InChI is InChI=1S/C7H14N2Se/c1-8(2)6-5-7(10)9(3)4/h5-6H,1-4H3/b6-5+. The van der Waals surface area contributed by atoms with Gasteiger partial charge in [0.15, 0.2) is 0 Å². The molecule has 0 aromatic heterocycles. The van der Waals surface area contributed by atoms with Crippen molar-refractivity contribution >= 4 is 20.1 Å². The molecule has 0 aromatic rings. The Hall–Kier alpha value is -0.271. The predicted octanol–water partition coefficient (Wildman–Crippen LogP) is -0.0783. The summed E-state index contributed by atoms with van der Waals surface area (Å²) in [4.78, 5) is 4.03. The van der Waals surface area contributed by atoms with E-state index in [0.717, 1.165) is 4.54 Å². The Morgan fingerprint density at radius 3 is 2.00 bits per heavy atom. The molecule has 2 nitrogen and oxygen atoms in total. The van der Waals surface area contributed by atoms with Gasteiger partial charge in [0.2, 0.25) is 0 Å². The van der Waals surface area contributed by atoms with Crippen LogP contribution in [0.15, 0.2) is 12.3 Å². The third-order valence-electron chi connectivity index (χ3n) is 0.956. The minimum absolute atomic E-state index is 1.13. The molecule has 10 heavy (non-hydrogen) atoms. The van der Waals surface area contributed by atoms with Crippen molar-refractivity contribution in [3.05, 3.63) is 12.3 Å². The zero-order chi connectivity index (χ0) is 8.15. The summed E-state index contributed by atoms with van der Waals surface area (Å²) in [6, 6.07) is 0. The van der Waals surface area contributed by atoms with Crippen LogP contribution in [0, 0.1) is 0 Å². The van der Waals surface area contributed by atoms with E-state index in [4.69, 9.17) is 0 Å². The molecule has 0 fully saturated rings. The molecular weight excluding hydrogens is 191 g/mol. The summed E-state index contributed by atoms with van der Waals surface area (Å²) < 4.78 is 1.13. The molecule has 0 saturated heterocycles. The van der Waals surface area contributed by atoms with Gasteiger partial charge >= 0.3 is 70.4 Å². The van der Waals surface area contributed by atoms with Gasteiger partial charge in [-0.1, -0.05) is 0 Å². The van der Waals surface area contributed by atoms with Gasteiger partial charge < -0.3 is 0 Å². The van der Waals surface area contributed by atoms with Crippen LogP contribution in [0.1, 0.15) is 0 Å². The van der Waals surface area contributed by atoms with Gasteiger partial charge in [-0.05, 0) is 0 Å². The minimum atomic E-state index is 1.13. The summed E-state index contributed by atoms with van der Waals surface area (Å²) in [5.74, 6) is 0. The van der Waals surface area contributed by atoms with Gasteiger partial charge in [0, 0.05) is 0 Å². The predicted molar refractivity (Wildman–Crippen MR) is 47.3 cm³/mol. The summed E-state index contributed by atoms with van der Waals surface area (Å²) in [7, 11) is 8.01. The molecule has 3 heteroatoms. The first-order valence-corrected chi connectivity index (χ1v) is 3.95. The Balaban J connectivity index is 3.79. The number of likely N-dealkylation sites (N-methyl/N-ethyl adjacent to an activating group) is 1. The zero-order valence-electron chi connectivity index (χ0n) is 6.96. The van der Waals surface area contributed by atoms with Crippen molar-refractivity contribution < 1.29 is 0 Å². The molecule has 58 valence electrons. The second kappa shape index (κ2) is 4.53. The van der Waals surface area contributed by atoms with Crippen molar-refractivity contribution in [3.8, 4) is 0 Å². The van der Waals surface area contributed by atoms with Crippen LogP contribution < -0.4 is 0 Å². The number of rotatable bonds is 3. The van der Waals surface area contributed by atoms with Crippen molar-refractivity contribution in [2.45, 2.75) is 0 Å². The summed E-state index contributed by atoms with van der Waals surface area (Å²) in [6.45, 7) is 0. The average molecular weight is 205 g/mol. The third-order valence-corrected chi connectivity index (χ3v) is 2.01. The van der Waals surface area contributed by atoms with Gasteiger partial charge in [-0.3, -0.25) is 0 Å². The van der Waals surface area contributed by atoms with Crippen molar-refractivity contribution in [2.75, 3.05) is 28.2 Å². The van der Waals surface area contributed by atoms with E-state index in [1.165, 1.54) is 0 Å². The van der Waals surface area contributed by atoms with E-state index in [1.54, 1.807) is 0 Å². The quantitative estimate of drug-likeness (QED) is 0.595. The second-order valence-corrected chi connectivity index (χ2v) is 3.39. The Morgan fingerprint density at radius 1 is 1.20 bits per heavy atom. The van der Waals surface area contributed by atoms with E-state index in [1.807, 2.05) is 50.3 Å². The first kappa shape index (κ1) is 9.73. The summed E-state index contributed by atoms with van der Waals surface area (Å²) >= 11 is 2.96. The van der Waals surface area contributed by atoms with Gasteiger partial charge in [-0.25, -0.2) is 0 Å². The van der Waals surface area contributed by atoms with E-state index in [-0.39, 0.29) is 0 Å². The summed E-state index contributed by atoms with van der Waals surface area (Å²) in [6.07, 6.45) is 4.03. The van der Waals surface area contributed by atoms with Crippen LogP contribution in [-0.4, -0.2) is 58.1 Å². The maximum atomic E-state index is 2.96. The zero-order valence-corrected chi connectivity index (χ0v) is 8.67. The molecule has 0 atom stereocenters. The molecule has 0 rings (SSSR count). The second-order valence-electron chi connectivity index (χ2n) is 2.51. The van der Waals surface area contributed by atoms with E-state index >= 15 is 0 Å². The average Bonchev–Trinajstić information content (AvgIpc) is 1.82. The molecule has 0 saturated carbocycles. The van der Waals surface area contributed by atoms with E-state index < -0.39 is 0 Å². The molecule has 0 aliphatic carbocycles. The number of hydrogen-bond acceptors (Lipinski definition) is 2. The van der Waals surface area contributed by atoms with Crippen LogP contribution in [0.2, 0.25) is 0 Å². The van der Waals surface area contributed by atoms with Crippen LogP contribution in [-0.2, 0) is 0 Å². The van der Waals surface area contributed by atoms with Crippen LogP contribution in [0.3, 0.4) is 0 Å². The normalized spacial score (nSPS) is 10.0. The molecule has 0 heterocycles. The first-order chi connectivity index (χ1) is 4.54. The molecule has 0 aliphatic heterocycles. The molecular formula is C7H14N2Se. The monoisotopic (exact) mass is 206 g/mol. The van der Waals surface area contributed by atoms with E-state index in [9.17, 15) is 0 Å².